The number of nitrogens with one attached hydrogen (secondary N) is 1. The zero-order valence-electron chi connectivity index (χ0n) is 8.16. The monoisotopic (exact) mass is 209 g/mol. The second-order valence-electron chi connectivity index (χ2n) is 3.79. The van der Waals surface area contributed by atoms with Crippen LogP contribution in [-0.2, 0) is 17.8 Å². The van der Waals surface area contributed by atoms with E-state index in [1.165, 1.54) is 12.1 Å². The number of hydrogen-bond donors (Lipinski definition) is 2. The summed E-state index contributed by atoms with van der Waals surface area (Å²) in [6.45, 7) is 0.619. The fourth-order valence-corrected chi connectivity index (χ4v) is 1.90. The average Bonchev–Trinajstić information content (AvgIpc) is 2.16. The largest absolute Gasteiger partial charge is 0.481 e. The highest BCUT2D eigenvalue weighted by molar-refractivity contribution is 5.67. The molecule has 0 bridgehead atoms. The lowest BCUT2D eigenvalue weighted by atomic mass is 9.94. The lowest BCUT2D eigenvalue weighted by Gasteiger charge is -2.24. The van der Waals surface area contributed by atoms with Gasteiger partial charge in [-0.15, -0.1) is 0 Å². The zero-order valence-corrected chi connectivity index (χ0v) is 8.16. The third-order valence-electron chi connectivity index (χ3n) is 2.64. The number of carboxylic acids is 1. The Morgan fingerprint density at radius 2 is 2.33 bits per heavy atom. The molecule has 4 heteroatoms. The first-order valence-corrected chi connectivity index (χ1v) is 4.87. The number of fused-ring (bicyclic) bond motifs is 1. The molecule has 2 rings (SSSR count). The highest BCUT2D eigenvalue weighted by Crippen LogP contribution is 2.19. The van der Waals surface area contributed by atoms with Crippen LogP contribution in [0.4, 0.5) is 4.39 Å². The predicted octanol–water partition coefficient (Wildman–Crippen LogP) is 1.31. The van der Waals surface area contributed by atoms with Crippen LogP contribution in [0.25, 0.3) is 0 Å². The van der Waals surface area contributed by atoms with Crippen LogP contribution in [0.1, 0.15) is 17.5 Å². The molecule has 1 aliphatic heterocycles. The Hall–Kier alpha value is -1.42. The Bertz CT molecular complexity index is 392. The second kappa shape index (κ2) is 3.98. The Balaban J connectivity index is 2.14. The SMILES string of the molecule is O=C(O)CC1Cc2cc(F)ccc2CN1. The molecule has 1 atom stereocenters. The first kappa shape index (κ1) is 10.1. The molecule has 0 fully saturated rings. The van der Waals surface area contributed by atoms with Crippen molar-refractivity contribution < 1.29 is 14.3 Å². The van der Waals surface area contributed by atoms with Crippen LogP contribution in [0.5, 0.6) is 0 Å². The second-order valence-corrected chi connectivity index (χ2v) is 3.79. The van der Waals surface area contributed by atoms with Crippen molar-refractivity contribution in [3.8, 4) is 0 Å². The van der Waals surface area contributed by atoms with Gasteiger partial charge in [-0.1, -0.05) is 6.07 Å². The Labute approximate surface area is 86.9 Å². The van der Waals surface area contributed by atoms with Gasteiger partial charge in [0.2, 0.25) is 0 Å². The lowest BCUT2D eigenvalue weighted by molar-refractivity contribution is -0.137. The van der Waals surface area contributed by atoms with E-state index in [1.807, 2.05) is 0 Å². The van der Waals surface area contributed by atoms with E-state index in [0.29, 0.717) is 13.0 Å². The molecule has 1 aliphatic rings. The molecule has 0 radical (unpaired) electrons. The van der Waals surface area contributed by atoms with Crippen molar-refractivity contribution in [2.75, 3.05) is 0 Å². The van der Waals surface area contributed by atoms with Gasteiger partial charge in [0.15, 0.2) is 0 Å². The van der Waals surface area contributed by atoms with E-state index < -0.39 is 5.97 Å². The summed E-state index contributed by atoms with van der Waals surface area (Å²) < 4.78 is 12.9. The summed E-state index contributed by atoms with van der Waals surface area (Å²) in [5.41, 5.74) is 1.97. The molecule has 0 amide bonds. The van der Waals surface area contributed by atoms with Gasteiger partial charge in [-0.2, -0.15) is 0 Å². The van der Waals surface area contributed by atoms with Gasteiger partial charge in [-0.3, -0.25) is 4.79 Å². The third kappa shape index (κ3) is 2.33. The molecule has 0 saturated heterocycles. The van der Waals surface area contributed by atoms with Gasteiger partial charge in [0, 0.05) is 12.6 Å². The first-order valence-electron chi connectivity index (χ1n) is 4.87. The van der Waals surface area contributed by atoms with E-state index in [0.717, 1.165) is 11.1 Å². The summed E-state index contributed by atoms with van der Waals surface area (Å²) >= 11 is 0. The van der Waals surface area contributed by atoms with E-state index in [-0.39, 0.29) is 18.3 Å². The van der Waals surface area contributed by atoms with Gasteiger partial charge < -0.3 is 10.4 Å². The normalized spacial score (nSPS) is 19.7. The van der Waals surface area contributed by atoms with Gasteiger partial charge in [-0.25, -0.2) is 4.39 Å². The van der Waals surface area contributed by atoms with Crippen molar-refractivity contribution in [3.05, 3.63) is 35.1 Å². The van der Waals surface area contributed by atoms with E-state index in [2.05, 4.69) is 5.32 Å². The van der Waals surface area contributed by atoms with Crippen molar-refractivity contribution >= 4 is 5.97 Å². The number of carboxylic acid groups (broad SMARTS) is 1. The van der Waals surface area contributed by atoms with Gasteiger partial charge in [-0.05, 0) is 29.7 Å². The molecule has 1 aromatic rings. The minimum absolute atomic E-state index is 0.0793. The van der Waals surface area contributed by atoms with E-state index in [4.69, 9.17) is 5.11 Å². The van der Waals surface area contributed by atoms with Gasteiger partial charge in [0.1, 0.15) is 5.82 Å². The molecular formula is C11H12FNO2. The number of halogens is 1. The number of rotatable bonds is 2. The van der Waals surface area contributed by atoms with Gasteiger partial charge in [0.25, 0.3) is 0 Å². The highest BCUT2D eigenvalue weighted by Gasteiger charge is 2.20. The summed E-state index contributed by atoms with van der Waals surface area (Å²) in [6, 6.07) is 4.58. The zero-order chi connectivity index (χ0) is 10.8. The highest BCUT2D eigenvalue weighted by atomic mass is 19.1. The maximum atomic E-state index is 12.9. The molecule has 3 nitrogen and oxygen atoms in total. The predicted molar refractivity (Wildman–Crippen MR) is 53.0 cm³/mol. The summed E-state index contributed by atoms with van der Waals surface area (Å²) in [5, 5.41) is 11.8. The van der Waals surface area contributed by atoms with E-state index in [1.54, 1.807) is 6.07 Å². The van der Waals surface area contributed by atoms with E-state index in [9.17, 15) is 9.18 Å². The maximum Gasteiger partial charge on any atom is 0.304 e. The fourth-order valence-electron chi connectivity index (χ4n) is 1.90. The summed E-state index contributed by atoms with van der Waals surface area (Å²) in [7, 11) is 0. The van der Waals surface area contributed by atoms with Crippen LogP contribution in [0, 0.1) is 5.82 Å². The molecule has 0 aliphatic carbocycles. The van der Waals surface area contributed by atoms with Crippen LogP contribution in [0.15, 0.2) is 18.2 Å². The number of carbonyl (C=O) groups is 1. The van der Waals surface area contributed by atoms with Crippen LogP contribution in [-0.4, -0.2) is 17.1 Å². The topological polar surface area (TPSA) is 49.3 Å². The average molecular weight is 209 g/mol. The fraction of sp³-hybridized carbons (Fsp3) is 0.364. The number of hydrogen-bond acceptors (Lipinski definition) is 2. The summed E-state index contributed by atoms with van der Waals surface area (Å²) in [4.78, 5) is 10.5. The molecule has 2 N–H and O–H groups in total. The van der Waals surface area contributed by atoms with E-state index >= 15 is 0 Å². The minimum atomic E-state index is -0.827. The Morgan fingerprint density at radius 3 is 3.07 bits per heavy atom. The van der Waals surface area contributed by atoms with Crippen LogP contribution in [0.3, 0.4) is 0 Å². The Morgan fingerprint density at radius 1 is 1.53 bits per heavy atom. The number of benzene rings is 1. The molecule has 15 heavy (non-hydrogen) atoms. The third-order valence-corrected chi connectivity index (χ3v) is 2.64. The molecule has 0 spiro atoms. The molecule has 1 heterocycles. The van der Waals surface area contributed by atoms with Crippen molar-refractivity contribution in [3.63, 3.8) is 0 Å². The van der Waals surface area contributed by atoms with Crippen LogP contribution < -0.4 is 5.32 Å². The van der Waals surface area contributed by atoms with Gasteiger partial charge in [0.05, 0.1) is 6.42 Å². The smallest absolute Gasteiger partial charge is 0.304 e. The maximum absolute atomic E-state index is 12.9. The summed E-state index contributed by atoms with van der Waals surface area (Å²) in [5.74, 6) is -1.09. The number of aliphatic carboxylic acids is 1. The van der Waals surface area contributed by atoms with Crippen LogP contribution in [0.2, 0.25) is 0 Å². The van der Waals surface area contributed by atoms with Crippen molar-refractivity contribution in [2.45, 2.75) is 25.4 Å². The molecule has 0 aromatic heterocycles. The molecule has 80 valence electrons. The van der Waals surface area contributed by atoms with Gasteiger partial charge >= 0.3 is 5.97 Å². The standard InChI is InChI=1S/C11H12FNO2/c12-9-2-1-7-6-13-10(5-11(14)15)4-8(7)3-9/h1-3,10,13H,4-6H2,(H,14,15). The van der Waals surface area contributed by atoms with Crippen molar-refractivity contribution in [1.82, 2.24) is 5.32 Å². The summed E-state index contributed by atoms with van der Waals surface area (Å²) in [6.07, 6.45) is 0.662. The van der Waals surface area contributed by atoms with Crippen LogP contribution >= 0.6 is 0 Å². The molecule has 1 aromatic carbocycles. The van der Waals surface area contributed by atoms with Crippen molar-refractivity contribution in [2.24, 2.45) is 0 Å². The lowest BCUT2D eigenvalue weighted by Crippen LogP contribution is -2.37. The molecule has 1 unspecified atom stereocenters. The quantitative estimate of drug-likeness (QED) is 0.772. The molecular weight excluding hydrogens is 197 g/mol. The molecule has 0 saturated carbocycles. The van der Waals surface area contributed by atoms with Crippen molar-refractivity contribution in [1.29, 1.82) is 0 Å². The minimum Gasteiger partial charge on any atom is -0.481 e. The first-order chi connectivity index (χ1) is 7.15. The Kier molecular flexibility index (Phi) is 2.68.